The van der Waals surface area contributed by atoms with Gasteiger partial charge in [-0.2, -0.15) is 0 Å². The zero-order valence-electron chi connectivity index (χ0n) is 20.8. The van der Waals surface area contributed by atoms with E-state index in [0.29, 0.717) is 17.1 Å². The summed E-state index contributed by atoms with van der Waals surface area (Å²) in [6.07, 6.45) is 0. The van der Waals surface area contributed by atoms with E-state index in [4.69, 9.17) is 4.74 Å². The van der Waals surface area contributed by atoms with E-state index in [0.717, 1.165) is 22.5 Å². The van der Waals surface area contributed by atoms with Crippen LogP contribution in [0.15, 0.2) is 66.7 Å². The van der Waals surface area contributed by atoms with Crippen LogP contribution < -0.4 is 15.0 Å². The summed E-state index contributed by atoms with van der Waals surface area (Å²) in [5.41, 5.74) is 5.20. The number of benzene rings is 3. The molecule has 0 atom stereocenters. The first kappa shape index (κ1) is 23.9. The first-order valence-corrected chi connectivity index (χ1v) is 11.7. The third kappa shape index (κ3) is 4.69. The number of imide groups is 1. The van der Waals surface area contributed by atoms with Crippen LogP contribution in [0.3, 0.4) is 0 Å². The number of hydrogen-bond acceptors (Lipinski definition) is 6. The Bertz CT molecular complexity index is 1560. The van der Waals surface area contributed by atoms with E-state index in [-0.39, 0.29) is 22.7 Å². The van der Waals surface area contributed by atoms with Crippen molar-refractivity contribution in [2.24, 2.45) is 0 Å². The summed E-state index contributed by atoms with van der Waals surface area (Å²) in [4.78, 5) is 48.8. The van der Waals surface area contributed by atoms with Gasteiger partial charge in [-0.15, -0.1) is 0 Å². The molecule has 0 radical (unpaired) electrons. The van der Waals surface area contributed by atoms with Gasteiger partial charge in [-0.1, -0.05) is 12.1 Å². The summed E-state index contributed by atoms with van der Waals surface area (Å²) < 4.78 is 5.71. The minimum absolute atomic E-state index is 0.204. The summed E-state index contributed by atoms with van der Waals surface area (Å²) in [7, 11) is 0. The SMILES string of the molecule is Cc1ccc(C)c(N2C(=O)c3ccc(C(=O)Nc4ccc(Oc5nc(C)cc(C)n5)cc4)cc3C2=O)c1. The minimum atomic E-state index is -0.446. The van der Waals surface area contributed by atoms with E-state index >= 15 is 0 Å². The van der Waals surface area contributed by atoms with E-state index in [1.54, 1.807) is 30.3 Å². The van der Waals surface area contributed by atoms with Gasteiger partial charge in [0.05, 0.1) is 16.8 Å². The Labute approximate surface area is 213 Å². The molecule has 1 aliphatic rings. The number of amides is 3. The summed E-state index contributed by atoms with van der Waals surface area (Å²) in [5, 5.41) is 2.81. The van der Waals surface area contributed by atoms with Crippen LogP contribution in [0, 0.1) is 27.7 Å². The molecule has 3 aromatic carbocycles. The van der Waals surface area contributed by atoms with Crippen LogP contribution in [0.4, 0.5) is 11.4 Å². The molecule has 8 nitrogen and oxygen atoms in total. The first-order valence-electron chi connectivity index (χ1n) is 11.7. The van der Waals surface area contributed by atoms with E-state index < -0.39 is 17.7 Å². The quantitative estimate of drug-likeness (QED) is 0.366. The molecule has 0 fully saturated rings. The Balaban J connectivity index is 1.32. The van der Waals surface area contributed by atoms with Gasteiger partial charge in [0.15, 0.2) is 0 Å². The molecule has 0 spiro atoms. The molecule has 2 heterocycles. The molecule has 0 bridgehead atoms. The first-order chi connectivity index (χ1) is 17.7. The van der Waals surface area contributed by atoms with Gasteiger partial charge in [-0.25, -0.2) is 14.9 Å². The molecule has 0 aliphatic carbocycles. The van der Waals surface area contributed by atoms with Crippen molar-refractivity contribution in [3.63, 3.8) is 0 Å². The molecule has 0 saturated heterocycles. The highest BCUT2D eigenvalue weighted by molar-refractivity contribution is 6.35. The molecule has 184 valence electrons. The predicted molar refractivity (Wildman–Crippen MR) is 139 cm³/mol. The Morgan fingerprint density at radius 2 is 1.46 bits per heavy atom. The van der Waals surface area contributed by atoms with Gasteiger partial charge in [0.2, 0.25) is 0 Å². The number of fused-ring (bicyclic) bond motifs is 1. The number of ether oxygens (including phenoxy) is 1. The second kappa shape index (κ2) is 9.31. The van der Waals surface area contributed by atoms with Crippen molar-refractivity contribution < 1.29 is 19.1 Å². The minimum Gasteiger partial charge on any atom is -0.424 e. The summed E-state index contributed by atoms with van der Waals surface area (Å²) in [6, 6.07) is 19.0. The van der Waals surface area contributed by atoms with Crippen LogP contribution in [0.5, 0.6) is 11.8 Å². The van der Waals surface area contributed by atoms with Crippen LogP contribution >= 0.6 is 0 Å². The molecule has 4 aromatic rings. The fourth-order valence-electron chi connectivity index (χ4n) is 4.22. The molecular weight excluding hydrogens is 468 g/mol. The van der Waals surface area contributed by atoms with Gasteiger partial charge in [-0.05, 0) is 93.4 Å². The fraction of sp³-hybridized carbons (Fsp3) is 0.138. The van der Waals surface area contributed by atoms with E-state index in [1.165, 1.54) is 17.0 Å². The van der Waals surface area contributed by atoms with Crippen LogP contribution in [0.1, 0.15) is 53.6 Å². The lowest BCUT2D eigenvalue weighted by Gasteiger charge is -2.17. The highest BCUT2D eigenvalue weighted by Gasteiger charge is 2.37. The van der Waals surface area contributed by atoms with E-state index in [1.807, 2.05) is 52.0 Å². The van der Waals surface area contributed by atoms with E-state index in [9.17, 15) is 14.4 Å². The number of aromatic nitrogens is 2. The van der Waals surface area contributed by atoms with Crippen molar-refractivity contribution in [1.29, 1.82) is 0 Å². The van der Waals surface area contributed by atoms with Crippen molar-refractivity contribution in [3.05, 3.63) is 106 Å². The van der Waals surface area contributed by atoms with Gasteiger partial charge in [-0.3, -0.25) is 14.4 Å². The smallest absolute Gasteiger partial charge is 0.322 e. The standard InChI is InChI=1S/C29H24N4O4/c1-16-5-6-17(2)25(13-16)33-27(35)23-12-7-20(15-24(23)28(33)36)26(34)32-21-8-10-22(11-9-21)37-29-30-18(3)14-19(4)31-29/h5-15H,1-4H3,(H,32,34). The predicted octanol–water partition coefficient (Wildman–Crippen LogP) is 5.56. The third-order valence-corrected chi connectivity index (χ3v) is 6.04. The number of rotatable bonds is 5. The van der Waals surface area contributed by atoms with Crippen LogP contribution in [0.25, 0.3) is 0 Å². The number of nitrogens with one attached hydrogen (secondary N) is 1. The number of carbonyl (C=O) groups is 3. The van der Waals surface area contributed by atoms with Crippen molar-refractivity contribution in [2.45, 2.75) is 27.7 Å². The molecule has 5 rings (SSSR count). The second-order valence-corrected chi connectivity index (χ2v) is 9.01. The fourth-order valence-corrected chi connectivity index (χ4v) is 4.22. The molecule has 0 saturated carbocycles. The van der Waals surface area contributed by atoms with Crippen LogP contribution in [-0.4, -0.2) is 27.7 Å². The zero-order chi connectivity index (χ0) is 26.3. The highest BCUT2D eigenvalue weighted by atomic mass is 16.5. The van der Waals surface area contributed by atoms with Gasteiger partial charge in [0, 0.05) is 22.6 Å². The van der Waals surface area contributed by atoms with E-state index in [2.05, 4.69) is 15.3 Å². The van der Waals surface area contributed by atoms with Crippen LogP contribution in [0.2, 0.25) is 0 Å². The Kier molecular flexibility index (Phi) is 6.01. The van der Waals surface area contributed by atoms with Crippen molar-refractivity contribution in [3.8, 4) is 11.8 Å². The van der Waals surface area contributed by atoms with Gasteiger partial charge >= 0.3 is 6.01 Å². The van der Waals surface area contributed by atoms with Crippen molar-refractivity contribution in [2.75, 3.05) is 10.2 Å². The van der Waals surface area contributed by atoms with Crippen LogP contribution in [-0.2, 0) is 0 Å². The van der Waals surface area contributed by atoms with Gasteiger partial charge < -0.3 is 10.1 Å². The van der Waals surface area contributed by atoms with Crippen molar-refractivity contribution in [1.82, 2.24) is 9.97 Å². The Morgan fingerprint density at radius 3 is 2.16 bits per heavy atom. The maximum Gasteiger partial charge on any atom is 0.322 e. The largest absolute Gasteiger partial charge is 0.424 e. The molecular formula is C29H24N4O4. The molecule has 8 heteroatoms. The number of hydrogen-bond donors (Lipinski definition) is 1. The summed E-state index contributed by atoms with van der Waals surface area (Å²) in [6.45, 7) is 7.48. The molecule has 3 amide bonds. The lowest BCUT2D eigenvalue weighted by molar-refractivity contribution is 0.0925. The normalized spacial score (nSPS) is 12.5. The zero-order valence-corrected chi connectivity index (χ0v) is 20.8. The molecule has 1 aromatic heterocycles. The lowest BCUT2D eigenvalue weighted by atomic mass is 10.1. The average Bonchev–Trinajstić information content (AvgIpc) is 3.10. The average molecular weight is 493 g/mol. The van der Waals surface area contributed by atoms with Gasteiger partial charge in [0.25, 0.3) is 17.7 Å². The number of aryl methyl sites for hydroxylation is 4. The molecule has 1 N–H and O–H groups in total. The number of nitrogens with zero attached hydrogens (tertiary/aromatic N) is 3. The monoisotopic (exact) mass is 492 g/mol. The number of carbonyl (C=O) groups excluding carboxylic acids is 3. The summed E-state index contributed by atoms with van der Waals surface area (Å²) in [5.74, 6) is -0.724. The molecule has 0 unspecified atom stereocenters. The topological polar surface area (TPSA) is 101 Å². The molecule has 1 aliphatic heterocycles. The Morgan fingerprint density at radius 1 is 0.784 bits per heavy atom. The van der Waals surface area contributed by atoms with Crippen molar-refractivity contribution >= 4 is 29.1 Å². The maximum atomic E-state index is 13.2. The lowest BCUT2D eigenvalue weighted by Crippen LogP contribution is -2.30. The molecule has 37 heavy (non-hydrogen) atoms. The number of anilines is 2. The highest BCUT2D eigenvalue weighted by Crippen LogP contribution is 2.32. The van der Waals surface area contributed by atoms with Gasteiger partial charge in [0.1, 0.15) is 5.75 Å². The summed E-state index contributed by atoms with van der Waals surface area (Å²) >= 11 is 0. The third-order valence-electron chi connectivity index (χ3n) is 6.04. The second-order valence-electron chi connectivity index (χ2n) is 9.01. The Hall–Kier alpha value is -4.85. The maximum absolute atomic E-state index is 13.2.